The van der Waals surface area contributed by atoms with Crippen molar-refractivity contribution in [2.45, 2.75) is 6.42 Å². The highest BCUT2D eigenvalue weighted by atomic mass is 19.1. The number of halogens is 2. The maximum Gasteiger partial charge on any atom is 0.339 e. The first-order valence-electron chi connectivity index (χ1n) is 5.93. The molecule has 2 aromatic rings. The lowest BCUT2D eigenvalue weighted by Gasteiger charge is -2.08. The van der Waals surface area contributed by atoms with Gasteiger partial charge in [0.15, 0.2) is 0 Å². The molecule has 0 bridgehead atoms. The first-order valence-corrected chi connectivity index (χ1v) is 5.93. The third kappa shape index (κ3) is 3.50. The zero-order valence-electron chi connectivity index (χ0n) is 10.4. The Kier molecular flexibility index (Phi) is 4.24. The van der Waals surface area contributed by atoms with Crippen LogP contribution < -0.4 is 5.32 Å². The normalized spacial score (nSPS) is 10.3. The maximum atomic E-state index is 12.9. The highest BCUT2D eigenvalue weighted by Crippen LogP contribution is 2.13. The molecule has 0 amide bonds. The summed E-state index contributed by atoms with van der Waals surface area (Å²) in [4.78, 5) is 14.7. The molecule has 0 radical (unpaired) electrons. The Balaban J connectivity index is 2.00. The summed E-state index contributed by atoms with van der Waals surface area (Å²) in [5, 5.41) is 11.8. The van der Waals surface area contributed by atoms with Gasteiger partial charge in [-0.3, -0.25) is 0 Å². The van der Waals surface area contributed by atoms with E-state index in [1.807, 2.05) is 0 Å². The van der Waals surface area contributed by atoms with E-state index in [0.717, 1.165) is 17.8 Å². The standard InChI is InChI=1S/C14H12F2N2O2/c15-10-3-1-9(2-4-10)5-6-17-13-12(14(19)20)7-11(16)8-18-13/h1-4,7-8H,5-6H2,(H,17,18)(H,19,20). The number of anilines is 1. The average Bonchev–Trinajstić information content (AvgIpc) is 2.42. The van der Waals surface area contributed by atoms with Crippen molar-refractivity contribution in [1.29, 1.82) is 0 Å². The van der Waals surface area contributed by atoms with E-state index in [2.05, 4.69) is 10.3 Å². The highest BCUT2D eigenvalue weighted by molar-refractivity contribution is 5.93. The van der Waals surface area contributed by atoms with Crippen molar-refractivity contribution < 1.29 is 18.7 Å². The van der Waals surface area contributed by atoms with Crippen LogP contribution in [0.15, 0.2) is 36.5 Å². The van der Waals surface area contributed by atoms with Gasteiger partial charge in [0.2, 0.25) is 0 Å². The molecule has 0 unspecified atom stereocenters. The van der Waals surface area contributed by atoms with Gasteiger partial charge in [-0.25, -0.2) is 18.6 Å². The van der Waals surface area contributed by atoms with Gasteiger partial charge in [0.25, 0.3) is 0 Å². The van der Waals surface area contributed by atoms with Crippen molar-refractivity contribution in [3.63, 3.8) is 0 Å². The van der Waals surface area contributed by atoms with E-state index in [1.54, 1.807) is 12.1 Å². The number of carboxylic acids is 1. The van der Waals surface area contributed by atoms with E-state index in [-0.39, 0.29) is 17.2 Å². The van der Waals surface area contributed by atoms with Crippen LogP contribution in [0.5, 0.6) is 0 Å². The molecule has 4 nitrogen and oxygen atoms in total. The van der Waals surface area contributed by atoms with Gasteiger partial charge in [-0.05, 0) is 30.2 Å². The second-order valence-corrected chi connectivity index (χ2v) is 4.16. The molecule has 2 rings (SSSR count). The number of aromatic nitrogens is 1. The molecule has 1 aromatic carbocycles. The Bertz CT molecular complexity index is 615. The fourth-order valence-electron chi connectivity index (χ4n) is 1.72. The van der Waals surface area contributed by atoms with Gasteiger partial charge in [-0.15, -0.1) is 0 Å². The Morgan fingerprint density at radius 2 is 1.90 bits per heavy atom. The summed E-state index contributed by atoms with van der Waals surface area (Å²) in [6.07, 6.45) is 1.52. The molecule has 0 saturated carbocycles. The van der Waals surface area contributed by atoms with E-state index < -0.39 is 11.8 Å². The first kappa shape index (κ1) is 13.9. The summed E-state index contributed by atoms with van der Waals surface area (Å²) in [5.41, 5.74) is 0.682. The highest BCUT2D eigenvalue weighted by Gasteiger charge is 2.12. The molecule has 6 heteroatoms. The molecule has 0 spiro atoms. The predicted molar refractivity (Wildman–Crippen MR) is 69.7 cm³/mol. The van der Waals surface area contributed by atoms with Crippen LogP contribution >= 0.6 is 0 Å². The average molecular weight is 278 g/mol. The van der Waals surface area contributed by atoms with Gasteiger partial charge in [-0.1, -0.05) is 12.1 Å². The molecule has 0 aliphatic heterocycles. The lowest BCUT2D eigenvalue weighted by molar-refractivity contribution is 0.0697. The fraction of sp³-hybridized carbons (Fsp3) is 0.143. The Morgan fingerprint density at radius 1 is 1.20 bits per heavy atom. The van der Waals surface area contributed by atoms with Crippen molar-refractivity contribution in [3.8, 4) is 0 Å². The van der Waals surface area contributed by atoms with Gasteiger partial charge in [0, 0.05) is 6.54 Å². The molecule has 0 atom stereocenters. The summed E-state index contributed by atoms with van der Waals surface area (Å²) in [5.74, 6) is -2.15. The topological polar surface area (TPSA) is 62.2 Å². The van der Waals surface area contributed by atoms with Gasteiger partial charge >= 0.3 is 5.97 Å². The number of aromatic carboxylic acids is 1. The monoisotopic (exact) mass is 278 g/mol. The van der Waals surface area contributed by atoms with E-state index in [4.69, 9.17) is 5.11 Å². The summed E-state index contributed by atoms with van der Waals surface area (Å²) < 4.78 is 25.7. The summed E-state index contributed by atoms with van der Waals surface area (Å²) in [6.45, 7) is 0.407. The van der Waals surface area contributed by atoms with Crippen molar-refractivity contribution in [2.24, 2.45) is 0 Å². The quantitative estimate of drug-likeness (QED) is 0.882. The number of carbonyl (C=O) groups is 1. The SMILES string of the molecule is O=C(O)c1cc(F)cnc1NCCc1ccc(F)cc1. The summed E-state index contributed by atoms with van der Waals surface area (Å²) in [7, 11) is 0. The largest absolute Gasteiger partial charge is 0.478 e. The van der Waals surface area contributed by atoms with Crippen LogP contribution in [0.3, 0.4) is 0 Å². The van der Waals surface area contributed by atoms with Crippen LogP contribution in [0, 0.1) is 11.6 Å². The third-order valence-electron chi connectivity index (χ3n) is 2.70. The number of nitrogens with zero attached hydrogens (tertiary/aromatic N) is 1. The second kappa shape index (κ2) is 6.10. The minimum atomic E-state index is -1.25. The number of nitrogens with one attached hydrogen (secondary N) is 1. The van der Waals surface area contributed by atoms with Gasteiger partial charge < -0.3 is 10.4 Å². The molecule has 1 aromatic heterocycles. The molecular weight excluding hydrogens is 266 g/mol. The smallest absolute Gasteiger partial charge is 0.339 e. The Labute approximate surface area is 114 Å². The maximum absolute atomic E-state index is 12.9. The zero-order chi connectivity index (χ0) is 14.5. The van der Waals surface area contributed by atoms with E-state index in [9.17, 15) is 13.6 Å². The summed E-state index contributed by atoms with van der Waals surface area (Å²) >= 11 is 0. The number of rotatable bonds is 5. The van der Waals surface area contributed by atoms with E-state index in [1.165, 1.54) is 12.1 Å². The fourth-order valence-corrected chi connectivity index (χ4v) is 1.72. The molecule has 20 heavy (non-hydrogen) atoms. The molecule has 1 heterocycles. The minimum absolute atomic E-state index is 0.112. The number of hydrogen-bond donors (Lipinski definition) is 2. The number of hydrogen-bond acceptors (Lipinski definition) is 3. The van der Waals surface area contributed by atoms with Crippen molar-refractivity contribution in [3.05, 3.63) is 59.3 Å². The van der Waals surface area contributed by atoms with Crippen molar-refractivity contribution in [1.82, 2.24) is 4.98 Å². The molecule has 0 aliphatic rings. The second-order valence-electron chi connectivity index (χ2n) is 4.16. The van der Waals surface area contributed by atoms with Gasteiger partial charge in [0.1, 0.15) is 23.0 Å². The van der Waals surface area contributed by atoms with E-state index >= 15 is 0 Å². The van der Waals surface area contributed by atoms with Gasteiger partial charge in [0.05, 0.1) is 6.20 Å². The van der Waals surface area contributed by atoms with Crippen LogP contribution in [0.25, 0.3) is 0 Å². The molecule has 0 aliphatic carbocycles. The van der Waals surface area contributed by atoms with Gasteiger partial charge in [-0.2, -0.15) is 0 Å². The minimum Gasteiger partial charge on any atom is -0.478 e. The zero-order valence-corrected chi connectivity index (χ0v) is 10.4. The molecule has 104 valence electrons. The lowest BCUT2D eigenvalue weighted by atomic mass is 10.1. The van der Waals surface area contributed by atoms with Crippen LogP contribution in [-0.2, 0) is 6.42 Å². The number of carboxylic acid groups (broad SMARTS) is 1. The predicted octanol–water partition coefficient (Wildman–Crippen LogP) is 2.71. The summed E-state index contributed by atoms with van der Waals surface area (Å²) in [6, 6.07) is 6.91. The van der Waals surface area contributed by atoms with Crippen molar-refractivity contribution >= 4 is 11.8 Å². The van der Waals surface area contributed by atoms with Crippen molar-refractivity contribution in [2.75, 3.05) is 11.9 Å². The first-order chi connectivity index (χ1) is 9.56. The molecule has 2 N–H and O–H groups in total. The Hall–Kier alpha value is -2.50. The molecular formula is C14H12F2N2O2. The molecule has 0 fully saturated rings. The third-order valence-corrected chi connectivity index (χ3v) is 2.70. The number of benzene rings is 1. The van der Waals surface area contributed by atoms with E-state index in [0.29, 0.717) is 13.0 Å². The van der Waals surface area contributed by atoms with Crippen LogP contribution in [0.4, 0.5) is 14.6 Å². The van der Waals surface area contributed by atoms with Crippen LogP contribution in [0.2, 0.25) is 0 Å². The van der Waals surface area contributed by atoms with Crippen LogP contribution in [-0.4, -0.2) is 22.6 Å². The lowest BCUT2D eigenvalue weighted by Crippen LogP contribution is -2.11. The molecule has 0 saturated heterocycles. The number of pyridine rings is 1. The Morgan fingerprint density at radius 3 is 2.55 bits per heavy atom. The van der Waals surface area contributed by atoms with Crippen LogP contribution in [0.1, 0.15) is 15.9 Å².